The van der Waals surface area contributed by atoms with Gasteiger partial charge in [-0.2, -0.15) is 0 Å². The van der Waals surface area contributed by atoms with E-state index < -0.39 is 0 Å². The molecule has 0 amide bonds. The Balaban J connectivity index is 1.55. The molecule has 0 bridgehead atoms. The third-order valence-electron chi connectivity index (χ3n) is 3.44. The summed E-state index contributed by atoms with van der Waals surface area (Å²) in [6, 6.07) is 6.62. The average Bonchev–Trinajstić information content (AvgIpc) is 2.97. The molecule has 0 spiro atoms. The van der Waals surface area contributed by atoms with E-state index in [1.54, 1.807) is 6.20 Å². The zero-order valence-corrected chi connectivity index (χ0v) is 12.7. The first-order chi connectivity index (χ1) is 9.83. The maximum Gasteiger partial charge on any atom is 0.0692 e. The van der Waals surface area contributed by atoms with Crippen LogP contribution in [0.1, 0.15) is 24.4 Å². The first-order valence-electron chi connectivity index (χ1n) is 6.82. The van der Waals surface area contributed by atoms with Crippen molar-refractivity contribution < 1.29 is 0 Å². The Labute approximate surface area is 127 Å². The zero-order valence-electron chi connectivity index (χ0n) is 11.1. The molecule has 106 valence electrons. The fraction of sp³-hybridized carbons (Fsp3) is 0.429. The molecule has 1 aliphatic rings. The Morgan fingerprint density at radius 1 is 1.45 bits per heavy atom. The van der Waals surface area contributed by atoms with Crippen LogP contribution >= 0.6 is 23.4 Å². The molecule has 1 aromatic heterocycles. The largest absolute Gasteiger partial charge is 0.310 e. The lowest BCUT2D eigenvalue weighted by Gasteiger charge is -2.26. The first kappa shape index (κ1) is 13.9. The number of hydrogen-bond acceptors (Lipinski definition) is 4. The number of rotatable bonds is 5. The molecule has 2 aromatic rings. The van der Waals surface area contributed by atoms with E-state index in [4.69, 9.17) is 11.6 Å². The van der Waals surface area contributed by atoms with Gasteiger partial charge in [0.05, 0.1) is 6.20 Å². The van der Waals surface area contributed by atoms with Gasteiger partial charge in [-0.1, -0.05) is 16.8 Å². The number of nitrogens with one attached hydrogen (secondary N) is 1. The Bertz CT molecular complexity index is 558. The predicted octanol–water partition coefficient (Wildman–Crippen LogP) is 3.15. The van der Waals surface area contributed by atoms with Crippen molar-refractivity contribution in [3.63, 3.8) is 0 Å². The number of halogens is 1. The smallest absolute Gasteiger partial charge is 0.0692 e. The zero-order chi connectivity index (χ0) is 13.8. The lowest BCUT2D eigenvalue weighted by Crippen LogP contribution is -2.26. The molecule has 1 N–H and O–H groups in total. The standard InChI is InChI=1S/C14H17ClN4S/c15-11-2-3-14-12(10-11)13(4-9-20-14)16-5-1-7-19-8-6-17-18-19/h2-3,6,8,10,13,16H,1,4-5,7,9H2. The minimum absolute atomic E-state index is 0.417. The van der Waals surface area contributed by atoms with Crippen LogP contribution in [0.3, 0.4) is 0 Å². The van der Waals surface area contributed by atoms with E-state index in [1.165, 1.54) is 10.5 Å². The van der Waals surface area contributed by atoms with Gasteiger partial charge in [-0.3, -0.25) is 4.68 Å². The molecule has 1 aliphatic heterocycles. The number of aromatic nitrogens is 3. The van der Waals surface area contributed by atoms with Crippen molar-refractivity contribution >= 4 is 23.4 Å². The highest BCUT2D eigenvalue weighted by Crippen LogP contribution is 2.37. The first-order valence-corrected chi connectivity index (χ1v) is 8.19. The topological polar surface area (TPSA) is 42.7 Å². The third-order valence-corrected chi connectivity index (χ3v) is 4.80. The van der Waals surface area contributed by atoms with Gasteiger partial charge in [0.1, 0.15) is 0 Å². The normalized spacial score (nSPS) is 17.9. The van der Waals surface area contributed by atoms with Crippen LogP contribution in [0, 0.1) is 0 Å². The van der Waals surface area contributed by atoms with Crippen LogP contribution in [0.2, 0.25) is 5.02 Å². The van der Waals surface area contributed by atoms with E-state index in [0.717, 1.165) is 36.7 Å². The Kier molecular flexibility index (Phi) is 4.60. The second kappa shape index (κ2) is 6.61. The van der Waals surface area contributed by atoms with E-state index in [9.17, 15) is 0 Å². The number of thioether (sulfide) groups is 1. The SMILES string of the molecule is Clc1ccc2c(c1)C(NCCCn1ccnn1)CCS2. The van der Waals surface area contributed by atoms with Crippen molar-refractivity contribution in [2.24, 2.45) is 0 Å². The molecule has 1 atom stereocenters. The molecular formula is C14H17ClN4S. The summed E-state index contributed by atoms with van der Waals surface area (Å²) in [5.41, 5.74) is 1.34. The van der Waals surface area contributed by atoms with Gasteiger partial charge in [-0.05, 0) is 48.9 Å². The van der Waals surface area contributed by atoms with Gasteiger partial charge in [-0.15, -0.1) is 16.9 Å². The molecule has 0 saturated heterocycles. The monoisotopic (exact) mass is 308 g/mol. The van der Waals surface area contributed by atoms with Crippen molar-refractivity contribution in [2.45, 2.75) is 30.3 Å². The second-order valence-corrected chi connectivity index (χ2v) is 6.42. The average molecular weight is 309 g/mol. The molecule has 0 saturated carbocycles. The van der Waals surface area contributed by atoms with Gasteiger partial charge < -0.3 is 5.32 Å². The Morgan fingerprint density at radius 2 is 2.40 bits per heavy atom. The predicted molar refractivity (Wildman–Crippen MR) is 82.2 cm³/mol. The van der Waals surface area contributed by atoms with Crippen LogP contribution in [-0.4, -0.2) is 27.3 Å². The van der Waals surface area contributed by atoms with Gasteiger partial charge in [0.25, 0.3) is 0 Å². The van der Waals surface area contributed by atoms with Crippen LogP contribution in [-0.2, 0) is 6.54 Å². The fourth-order valence-corrected chi connectivity index (χ4v) is 3.73. The molecular weight excluding hydrogens is 292 g/mol. The van der Waals surface area contributed by atoms with Gasteiger partial charge in [0.15, 0.2) is 0 Å². The van der Waals surface area contributed by atoms with Crippen molar-refractivity contribution in [3.8, 4) is 0 Å². The summed E-state index contributed by atoms with van der Waals surface area (Å²) in [6.45, 7) is 1.87. The van der Waals surface area contributed by atoms with Crippen LogP contribution < -0.4 is 5.32 Å². The summed E-state index contributed by atoms with van der Waals surface area (Å²) < 4.78 is 1.86. The number of nitrogens with zero attached hydrogens (tertiary/aromatic N) is 3. The lowest BCUT2D eigenvalue weighted by molar-refractivity contribution is 0.470. The maximum atomic E-state index is 6.12. The van der Waals surface area contributed by atoms with E-state index in [-0.39, 0.29) is 0 Å². The van der Waals surface area contributed by atoms with E-state index in [0.29, 0.717) is 6.04 Å². The van der Waals surface area contributed by atoms with Gasteiger partial charge in [0, 0.05) is 28.7 Å². The number of benzene rings is 1. The number of fused-ring (bicyclic) bond motifs is 1. The van der Waals surface area contributed by atoms with Crippen molar-refractivity contribution in [1.29, 1.82) is 0 Å². The van der Waals surface area contributed by atoms with E-state index in [1.807, 2.05) is 28.7 Å². The van der Waals surface area contributed by atoms with Crippen LogP contribution in [0.4, 0.5) is 0 Å². The number of aryl methyl sites for hydroxylation is 1. The maximum absolute atomic E-state index is 6.12. The van der Waals surface area contributed by atoms with E-state index in [2.05, 4.69) is 27.8 Å². The Morgan fingerprint density at radius 3 is 3.25 bits per heavy atom. The van der Waals surface area contributed by atoms with Gasteiger partial charge >= 0.3 is 0 Å². The molecule has 0 fully saturated rings. The van der Waals surface area contributed by atoms with Crippen molar-refractivity contribution in [1.82, 2.24) is 20.3 Å². The highest BCUT2D eigenvalue weighted by Gasteiger charge is 2.20. The summed E-state index contributed by atoms with van der Waals surface area (Å²) >= 11 is 8.03. The Hall–Kier alpha value is -1.04. The molecule has 3 rings (SSSR count). The fourth-order valence-electron chi connectivity index (χ4n) is 2.45. The summed E-state index contributed by atoms with van der Waals surface area (Å²) in [5.74, 6) is 1.16. The molecule has 0 radical (unpaired) electrons. The molecule has 1 aromatic carbocycles. The molecule has 4 nitrogen and oxygen atoms in total. The van der Waals surface area contributed by atoms with Gasteiger partial charge in [-0.25, -0.2) is 0 Å². The highest BCUT2D eigenvalue weighted by atomic mass is 35.5. The second-order valence-electron chi connectivity index (χ2n) is 4.85. The van der Waals surface area contributed by atoms with Crippen molar-refractivity contribution in [3.05, 3.63) is 41.2 Å². The lowest BCUT2D eigenvalue weighted by atomic mass is 10.0. The van der Waals surface area contributed by atoms with Crippen LogP contribution in [0.25, 0.3) is 0 Å². The quantitative estimate of drug-likeness (QED) is 0.862. The van der Waals surface area contributed by atoms with Gasteiger partial charge in [0.2, 0.25) is 0 Å². The minimum atomic E-state index is 0.417. The third kappa shape index (κ3) is 3.34. The summed E-state index contributed by atoms with van der Waals surface area (Å²) in [6.07, 6.45) is 5.81. The van der Waals surface area contributed by atoms with Crippen LogP contribution in [0.15, 0.2) is 35.5 Å². The minimum Gasteiger partial charge on any atom is -0.310 e. The number of hydrogen-bond donors (Lipinski definition) is 1. The molecule has 6 heteroatoms. The summed E-state index contributed by atoms with van der Waals surface area (Å²) in [7, 11) is 0. The highest BCUT2D eigenvalue weighted by molar-refractivity contribution is 7.99. The van der Waals surface area contributed by atoms with Crippen molar-refractivity contribution in [2.75, 3.05) is 12.3 Å². The molecule has 0 aliphatic carbocycles. The molecule has 20 heavy (non-hydrogen) atoms. The summed E-state index contributed by atoms with van der Waals surface area (Å²) in [4.78, 5) is 1.36. The molecule has 1 unspecified atom stereocenters. The van der Waals surface area contributed by atoms with Crippen LogP contribution in [0.5, 0.6) is 0 Å². The van der Waals surface area contributed by atoms with E-state index >= 15 is 0 Å². The molecule has 2 heterocycles. The summed E-state index contributed by atoms with van der Waals surface area (Å²) in [5, 5.41) is 12.2.